The maximum Gasteiger partial charge on any atom is 0.0483 e. The van der Waals surface area contributed by atoms with Gasteiger partial charge in [-0.3, -0.25) is 0 Å². The lowest BCUT2D eigenvalue weighted by Gasteiger charge is -2.04. The Hall–Kier alpha value is -1.28. The maximum atomic E-state index is 3.52. The first-order chi connectivity index (χ1) is 9.86. The third-order valence-corrected chi connectivity index (χ3v) is 3.87. The van der Waals surface area contributed by atoms with Gasteiger partial charge in [0.2, 0.25) is 0 Å². The molecule has 0 aliphatic heterocycles. The van der Waals surface area contributed by atoms with Gasteiger partial charge in [0.25, 0.3) is 0 Å². The molecule has 2 rings (SSSR count). The number of unbranched alkanes of at least 4 members (excludes halogenated alkanes) is 3. The van der Waals surface area contributed by atoms with E-state index < -0.39 is 0 Å². The molecule has 0 aliphatic rings. The van der Waals surface area contributed by atoms with Crippen LogP contribution in [0, 0.1) is 0 Å². The molecule has 0 atom stereocenters. The molecule has 0 spiro atoms. The number of nitrogens with one attached hydrogen (secondary N) is 1. The van der Waals surface area contributed by atoms with Crippen molar-refractivity contribution in [2.75, 3.05) is 6.54 Å². The highest BCUT2D eigenvalue weighted by Crippen LogP contribution is 2.22. The number of fused-ring (bicyclic) bond motifs is 1. The Balaban J connectivity index is 2.09. The summed E-state index contributed by atoms with van der Waals surface area (Å²) in [5.41, 5.74) is 2.82. The van der Waals surface area contributed by atoms with Crippen molar-refractivity contribution < 1.29 is 0 Å². The zero-order valence-electron chi connectivity index (χ0n) is 13.0. The molecule has 0 saturated heterocycles. The molecule has 2 heteroatoms. The third kappa shape index (κ3) is 3.86. The van der Waals surface area contributed by atoms with Gasteiger partial charge in [0.15, 0.2) is 0 Å². The number of rotatable bonds is 9. The molecule has 1 N–H and O–H groups in total. The van der Waals surface area contributed by atoms with Gasteiger partial charge in [-0.25, -0.2) is 0 Å². The van der Waals surface area contributed by atoms with Crippen molar-refractivity contribution in [1.82, 2.24) is 9.88 Å². The van der Waals surface area contributed by atoms with E-state index in [0.717, 1.165) is 19.6 Å². The molecule has 0 fully saturated rings. The van der Waals surface area contributed by atoms with Gasteiger partial charge >= 0.3 is 0 Å². The van der Waals surface area contributed by atoms with Gasteiger partial charge < -0.3 is 9.88 Å². The van der Waals surface area contributed by atoms with Crippen LogP contribution in [0.1, 0.15) is 51.5 Å². The van der Waals surface area contributed by atoms with Crippen LogP contribution in [0.2, 0.25) is 0 Å². The fourth-order valence-corrected chi connectivity index (χ4v) is 2.76. The van der Waals surface area contributed by atoms with Crippen LogP contribution in [0.3, 0.4) is 0 Å². The number of para-hydroxylation sites is 1. The molecule has 2 aromatic rings. The number of benzene rings is 1. The van der Waals surface area contributed by atoms with E-state index >= 15 is 0 Å². The Morgan fingerprint density at radius 1 is 1.00 bits per heavy atom. The van der Waals surface area contributed by atoms with Crippen molar-refractivity contribution in [2.24, 2.45) is 0 Å². The minimum absolute atomic E-state index is 0.982. The molecular weight excluding hydrogens is 244 g/mol. The lowest BCUT2D eigenvalue weighted by atomic mass is 10.2. The van der Waals surface area contributed by atoms with E-state index in [1.54, 1.807) is 0 Å². The van der Waals surface area contributed by atoms with Crippen LogP contribution in [0.15, 0.2) is 30.5 Å². The van der Waals surface area contributed by atoms with E-state index in [-0.39, 0.29) is 0 Å². The second-order valence-corrected chi connectivity index (χ2v) is 5.60. The highest BCUT2D eigenvalue weighted by atomic mass is 15.0. The van der Waals surface area contributed by atoms with Gasteiger partial charge in [-0.1, -0.05) is 51.3 Å². The summed E-state index contributed by atoms with van der Waals surface area (Å²) in [5, 5.41) is 4.93. The summed E-state index contributed by atoms with van der Waals surface area (Å²) in [5.74, 6) is 0. The van der Waals surface area contributed by atoms with Crippen LogP contribution in [-0.2, 0) is 13.1 Å². The number of aryl methyl sites for hydroxylation is 1. The first-order valence-electron chi connectivity index (χ1n) is 8.14. The quantitative estimate of drug-likeness (QED) is 0.653. The molecule has 1 aromatic carbocycles. The molecule has 0 unspecified atom stereocenters. The molecule has 0 aliphatic carbocycles. The standard InChI is InChI=1S/C18H28N2/c1-3-5-6-9-13-20-15-16(14-19-12-4-2)17-10-7-8-11-18(17)20/h7-8,10-11,15,19H,3-6,9,12-14H2,1-2H3. The number of aromatic nitrogens is 1. The average molecular weight is 272 g/mol. The summed E-state index contributed by atoms with van der Waals surface area (Å²) in [4.78, 5) is 0. The zero-order valence-corrected chi connectivity index (χ0v) is 13.0. The summed E-state index contributed by atoms with van der Waals surface area (Å²) >= 11 is 0. The van der Waals surface area contributed by atoms with Gasteiger partial charge in [-0.15, -0.1) is 0 Å². The molecule has 1 aromatic heterocycles. The van der Waals surface area contributed by atoms with Crippen molar-refractivity contribution in [2.45, 2.75) is 59.0 Å². The molecule has 110 valence electrons. The van der Waals surface area contributed by atoms with Crippen molar-refractivity contribution in [3.05, 3.63) is 36.0 Å². The molecule has 0 amide bonds. The van der Waals surface area contributed by atoms with E-state index in [1.807, 2.05) is 0 Å². The third-order valence-electron chi connectivity index (χ3n) is 3.87. The Morgan fingerprint density at radius 2 is 1.85 bits per heavy atom. The summed E-state index contributed by atoms with van der Waals surface area (Å²) < 4.78 is 2.44. The number of hydrogen-bond donors (Lipinski definition) is 1. The van der Waals surface area contributed by atoms with Crippen LogP contribution >= 0.6 is 0 Å². The van der Waals surface area contributed by atoms with Crippen LogP contribution in [-0.4, -0.2) is 11.1 Å². The Kier molecular flexibility index (Phi) is 6.13. The predicted molar refractivity (Wildman–Crippen MR) is 88.1 cm³/mol. The topological polar surface area (TPSA) is 17.0 Å². The van der Waals surface area contributed by atoms with E-state index in [1.165, 1.54) is 48.6 Å². The monoisotopic (exact) mass is 272 g/mol. The van der Waals surface area contributed by atoms with Gasteiger partial charge in [0.05, 0.1) is 0 Å². The average Bonchev–Trinajstić information content (AvgIpc) is 2.83. The normalized spacial score (nSPS) is 11.3. The van der Waals surface area contributed by atoms with Crippen LogP contribution in [0.4, 0.5) is 0 Å². The fraction of sp³-hybridized carbons (Fsp3) is 0.556. The molecule has 1 heterocycles. The maximum absolute atomic E-state index is 3.52. The lowest BCUT2D eigenvalue weighted by Crippen LogP contribution is -2.13. The summed E-state index contributed by atoms with van der Waals surface area (Å²) in [6.07, 6.45) is 8.82. The first-order valence-corrected chi connectivity index (χ1v) is 8.14. The number of hydrogen-bond acceptors (Lipinski definition) is 1. The summed E-state index contributed by atoms with van der Waals surface area (Å²) in [6, 6.07) is 8.79. The van der Waals surface area contributed by atoms with Gasteiger partial charge in [0, 0.05) is 30.2 Å². The largest absolute Gasteiger partial charge is 0.347 e. The summed E-state index contributed by atoms with van der Waals surface area (Å²) in [6.45, 7) is 7.70. The number of nitrogens with zero attached hydrogens (tertiary/aromatic N) is 1. The van der Waals surface area contributed by atoms with Crippen LogP contribution in [0.25, 0.3) is 10.9 Å². The smallest absolute Gasteiger partial charge is 0.0483 e. The molecule has 0 bridgehead atoms. The molecular formula is C18H28N2. The fourth-order valence-electron chi connectivity index (χ4n) is 2.76. The van der Waals surface area contributed by atoms with Gasteiger partial charge in [0.1, 0.15) is 0 Å². The summed E-state index contributed by atoms with van der Waals surface area (Å²) in [7, 11) is 0. The highest BCUT2D eigenvalue weighted by molar-refractivity contribution is 5.83. The first kappa shape index (κ1) is 15.1. The van der Waals surface area contributed by atoms with Crippen LogP contribution < -0.4 is 5.32 Å². The van der Waals surface area contributed by atoms with E-state index in [2.05, 4.69) is 54.2 Å². The van der Waals surface area contributed by atoms with E-state index in [4.69, 9.17) is 0 Å². The second-order valence-electron chi connectivity index (χ2n) is 5.60. The Morgan fingerprint density at radius 3 is 2.65 bits per heavy atom. The minimum Gasteiger partial charge on any atom is -0.347 e. The van der Waals surface area contributed by atoms with E-state index in [9.17, 15) is 0 Å². The Bertz CT molecular complexity index is 513. The molecule has 2 nitrogen and oxygen atoms in total. The highest BCUT2D eigenvalue weighted by Gasteiger charge is 2.07. The van der Waals surface area contributed by atoms with Crippen molar-refractivity contribution in [3.8, 4) is 0 Å². The SMILES string of the molecule is CCCCCCn1cc(CNCCC)c2ccccc21. The minimum atomic E-state index is 0.982. The second kappa shape index (κ2) is 8.11. The van der Waals surface area contributed by atoms with Crippen molar-refractivity contribution in [1.29, 1.82) is 0 Å². The zero-order chi connectivity index (χ0) is 14.2. The van der Waals surface area contributed by atoms with Gasteiger partial charge in [-0.2, -0.15) is 0 Å². The molecule has 0 saturated carbocycles. The van der Waals surface area contributed by atoms with Crippen molar-refractivity contribution in [3.63, 3.8) is 0 Å². The predicted octanol–water partition coefficient (Wildman–Crippen LogP) is 4.72. The van der Waals surface area contributed by atoms with Crippen molar-refractivity contribution >= 4 is 10.9 Å². The Labute approximate surface area is 123 Å². The van der Waals surface area contributed by atoms with E-state index in [0.29, 0.717) is 0 Å². The molecule has 20 heavy (non-hydrogen) atoms. The molecule has 0 radical (unpaired) electrons. The van der Waals surface area contributed by atoms with Crippen LogP contribution in [0.5, 0.6) is 0 Å². The lowest BCUT2D eigenvalue weighted by molar-refractivity contribution is 0.591. The van der Waals surface area contributed by atoms with Gasteiger partial charge in [-0.05, 0) is 31.0 Å².